The molecule has 6 aliphatic heterocycles. The Labute approximate surface area is 848 Å². The van der Waals surface area contributed by atoms with Crippen LogP contribution in [0.25, 0.3) is 0 Å². The number of nitrogens with zero attached hydrogens (tertiary/aromatic N) is 18. The maximum Gasteiger partial charge on any atom is 0.492 e. The molecule has 10 amide bonds. The Morgan fingerprint density at radius 3 is 0.685 bits per heavy atom. The first-order valence-corrected chi connectivity index (χ1v) is 50.6. The molecule has 6 aliphatic rings. The van der Waals surface area contributed by atoms with E-state index in [1.165, 1.54) is 55.4 Å². The monoisotopic (exact) mass is 2260 g/mol. The van der Waals surface area contributed by atoms with Gasteiger partial charge in [-0.2, -0.15) is 0 Å². The fourth-order valence-corrected chi connectivity index (χ4v) is 19.9. The number of carboxylic acid groups (broad SMARTS) is 2. The highest BCUT2D eigenvalue weighted by Gasteiger charge is 2.72. The van der Waals surface area contributed by atoms with E-state index in [1.807, 2.05) is 0 Å². The Morgan fingerprint density at radius 2 is 0.497 bits per heavy atom. The van der Waals surface area contributed by atoms with Crippen LogP contribution in [0.2, 0.25) is 0 Å². The van der Waals surface area contributed by atoms with Crippen molar-refractivity contribution in [2.75, 3.05) is 161 Å². The van der Waals surface area contributed by atoms with Crippen molar-refractivity contribution in [3.8, 4) is 0 Å². The molecule has 0 aliphatic carbocycles. The lowest BCUT2D eigenvalue weighted by Crippen LogP contribution is -2.71. The summed E-state index contributed by atoms with van der Waals surface area (Å²) < 4.78 is 71.4. The van der Waals surface area contributed by atoms with Gasteiger partial charge in [0.2, 0.25) is 59.1 Å². The van der Waals surface area contributed by atoms with Crippen LogP contribution in [0.4, 0.5) is 0 Å². The number of carbonyl (C=O) groups excluding carboxylic acids is 16. The smallest absolute Gasteiger partial charge is 0.480 e. The van der Waals surface area contributed by atoms with E-state index in [1.54, 1.807) is 0 Å². The molecule has 81 heteroatoms. The van der Waals surface area contributed by atoms with Crippen molar-refractivity contribution in [1.82, 2.24) is 50.7 Å². The van der Waals surface area contributed by atoms with Crippen LogP contribution >= 0.6 is 0 Å². The molecule has 0 aromatic heterocycles. The van der Waals surface area contributed by atoms with Crippen molar-refractivity contribution < 1.29 is 181 Å². The molecule has 0 radical (unpaired) electrons. The van der Waals surface area contributed by atoms with Crippen LogP contribution in [-0.2, 0) is 151 Å². The molecule has 834 valence electrons. The van der Waals surface area contributed by atoms with E-state index in [0.717, 1.165) is 29.4 Å². The number of aliphatic carboxylic acids is 2. The number of nitrogens with two attached hydrogens (primary N) is 3. The number of likely N-dealkylation sites (tertiary alicyclic amines) is 6. The van der Waals surface area contributed by atoms with E-state index in [2.05, 4.69) is 21.3 Å². The van der Waals surface area contributed by atoms with Crippen molar-refractivity contribution >= 4 is 171 Å². The molecule has 0 aromatic carbocycles. The van der Waals surface area contributed by atoms with Gasteiger partial charge in [-0.15, -0.1) is 0 Å². The zero-order valence-electron chi connectivity index (χ0n) is 79.3. The topological polar surface area (TPSA) is 1110 Å². The Bertz CT molecular complexity index is 5170. The fraction of sp³-hybridized carbons (Fsp3) is 0.735. The van der Waals surface area contributed by atoms with Crippen molar-refractivity contribution in [2.45, 2.75) is 139 Å². The predicted octanol–water partition coefficient (Wildman–Crippen LogP) is -13.7. The molecular formula is C68H101N25O50S6. The third kappa shape index (κ3) is 38.5. The van der Waals surface area contributed by atoms with E-state index in [-0.39, 0.29) is 59.0 Å². The zero-order valence-corrected chi connectivity index (χ0v) is 84.2. The molecule has 6 fully saturated rings. The number of nitro groups is 12. The molecule has 12 N–H and O–H groups in total. The minimum atomic E-state index is -2.52. The van der Waals surface area contributed by atoms with Crippen LogP contribution in [-0.4, -0.2) is 455 Å². The van der Waals surface area contributed by atoms with Crippen LogP contribution in [0.15, 0.2) is 0 Å². The summed E-state index contributed by atoms with van der Waals surface area (Å²) >= 11 is 0. The van der Waals surface area contributed by atoms with Crippen LogP contribution in [0.5, 0.6) is 0 Å². The normalized spacial score (nSPS) is 18.1. The van der Waals surface area contributed by atoms with Crippen molar-refractivity contribution in [3.63, 3.8) is 0 Å². The lowest BCUT2D eigenvalue weighted by molar-refractivity contribution is -0.809. The number of rotatable bonds is 54. The van der Waals surface area contributed by atoms with Gasteiger partial charge in [-0.25, -0.2) is 0 Å². The molecule has 7 unspecified atom stereocenters. The van der Waals surface area contributed by atoms with Gasteiger partial charge in [-0.05, 0) is 41.0 Å². The second-order valence-corrected chi connectivity index (χ2v) is 42.5. The zero-order chi connectivity index (χ0) is 116. The van der Waals surface area contributed by atoms with Gasteiger partial charge in [0.1, 0.15) is 130 Å². The number of carboxylic acids is 2. The number of hydrogen-bond acceptors (Lipinski definition) is 51. The van der Waals surface area contributed by atoms with Gasteiger partial charge >= 0.3 is 45.9 Å². The Kier molecular flexibility index (Phi) is 51.1. The summed E-state index contributed by atoms with van der Waals surface area (Å²) in [6.07, 6.45) is -0.596. The highest BCUT2D eigenvalue weighted by Crippen LogP contribution is 2.32. The van der Waals surface area contributed by atoms with Gasteiger partial charge in [0, 0.05) is 120 Å². The molecule has 0 bridgehead atoms. The Balaban J connectivity index is 0.000000901. The molecule has 0 aromatic rings. The maximum atomic E-state index is 12.4. The Hall–Kier alpha value is -14.8. The number of amides is 10. The summed E-state index contributed by atoms with van der Waals surface area (Å²) in [4.78, 5) is 327. The van der Waals surface area contributed by atoms with Gasteiger partial charge in [-0.1, -0.05) is 6.92 Å². The number of nitrogens with one attached hydrogen (secondary N) is 4. The summed E-state index contributed by atoms with van der Waals surface area (Å²) in [7, 11) is -10.9. The molecule has 149 heavy (non-hydrogen) atoms. The summed E-state index contributed by atoms with van der Waals surface area (Å²) in [5, 5.41) is 155. The van der Waals surface area contributed by atoms with Crippen molar-refractivity contribution in [3.05, 3.63) is 121 Å². The van der Waals surface area contributed by atoms with Crippen LogP contribution in [0.3, 0.4) is 0 Å². The highest BCUT2D eigenvalue weighted by molar-refractivity contribution is 7.87. The van der Waals surface area contributed by atoms with Crippen LogP contribution in [0.1, 0.15) is 74.7 Å². The van der Waals surface area contributed by atoms with Crippen LogP contribution in [0, 0.1) is 133 Å². The summed E-state index contributed by atoms with van der Waals surface area (Å²) in [5.74, 6) is -19.2. The summed E-state index contributed by atoms with van der Waals surface area (Å²) in [6.45, 7) is -0.0238. The predicted molar refractivity (Wildman–Crippen MR) is 492 cm³/mol. The SMILES string of the molecule is CC(=O)C(N)CCC(=O)C[C@@H](CS(=O)CC(=O)N1CC([N+](=O)[O-])([N+](=O)[O-])C1)C(=O)NCC(=O)O.CC(=O)N[C@@H](CS(=O)CC(=O)N1CC([N+](=O)[O-])([N+](=O)[O-])C1)C(C)=O.CC(=O)N[C@@H](CS(=O)CC(=O)N1CC([N+](=O)[O-])([N+](=O)[O-])C1)C(C)=O.CC(=O)[C@@H](N)CS(=O)CC(=O)N1CC([N+](=O)[O-])([N+](=O)[O-])C1.CC(=O)[C@@H](N)CS(=O)CC(=O)N1CC([N+](=O)[O-])([N+](=O)[O-])C1.C[C@@H](CS(=O)CC(=O)N1CC([N+](=O)[O-])([N+](=O)[O-])C1)C(=O)NCC(=O)O. The average molecular weight is 2260 g/mol. The standard InChI is InChI=1S/C17H25N5O11S.C11H16N4O9S.2C11H16N4O8S.2C9H14N4O7S/c1-10(23)13(18)3-2-12(24)4-11(16(28)19-5-15(26)27)6-34(33)7-14(25)20-8-17(9-20,21(29)30)22(31)32;1-7(10(19)12-2-9(17)18)3-25(24)4-8(16)13-5-11(6-13,14(20)21)15(22)23;2*1-7(16)9(12-8(2)17)3-24(23)4-10(18)13-5-11(6-13,14(19)20)15(21)22;2*1-6(14)7(10)2-21(20)3-8(15)11-4-9(5-11,12(16)17)13(18)19/h11,13H,2-9,18H2,1H3,(H,19,28)(H,26,27);7H,2-6H2,1H3,(H,12,19)(H,17,18);2*9H,3-6H2,1-2H3,(H,12,17);2*7H,2-5,10H2,1H3/t11-,13?,34?;7-,25?;2*9-,24?;2*7-,21?/m000000/s1. The molecule has 0 saturated carbocycles. The van der Waals surface area contributed by atoms with Crippen LogP contribution < -0.4 is 38.5 Å². The van der Waals surface area contributed by atoms with Gasteiger partial charge < -0.3 is 78.1 Å². The lowest BCUT2D eigenvalue weighted by atomic mass is 9.98. The van der Waals surface area contributed by atoms with Crippen molar-refractivity contribution in [2.24, 2.45) is 29.0 Å². The quantitative estimate of drug-likeness (QED) is 0.0155. The largest absolute Gasteiger partial charge is 0.492 e. The first kappa shape index (κ1) is 132. The average Bonchev–Trinajstić information content (AvgIpc) is 0.780. The minimum absolute atomic E-state index is 0.0167. The Morgan fingerprint density at radius 1 is 0.302 bits per heavy atom. The number of ketones is 6. The second-order valence-electron chi connectivity index (χ2n) is 33.5. The number of carbonyl (C=O) groups is 18. The summed E-state index contributed by atoms with van der Waals surface area (Å²) in [5.41, 5.74) is 1.78. The van der Waals surface area contributed by atoms with Gasteiger partial charge in [0.05, 0.1) is 47.6 Å². The molecule has 13 atom stereocenters. The highest BCUT2D eigenvalue weighted by atomic mass is 32.2. The third-order valence-electron chi connectivity index (χ3n) is 21.6. The molecule has 6 heterocycles. The molecule has 75 nitrogen and oxygen atoms in total. The van der Waals surface area contributed by atoms with E-state index in [0.29, 0.717) is 0 Å². The minimum Gasteiger partial charge on any atom is -0.480 e. The molecule has 0 spiro atoms. The van der Waals surface area contributed by atoms with E-state index >= 15 is 0 Å². The van der Waals surface area contributed by atoms with E-state index in [9.17, 15) is 233 Å². The number of Topliss-reactive ketones (excluding diaryl/α,β-unsaturated/α-hetero) is 6. The van der Waals surface area contributed by atoms with Gasteiger partial charge in [0.25, 0.3) is 0 Å². The molecule has 6 saturated heterocycles. The first-order chi connectivity index (χ1) is 68.4. The van der Waals surface area contributed by atoms with E-state index < -0.39 is 427 Å². The molecular weight excluding hydrogens is 2160 g/mol. The van der Waals surface area contributed by atoms with Gasteiger partial charge in [-0.3, -0.25) is 233 Å². The number of hydrogen-bond donors (Lipinski definition) is 9. The molecule has 6 rings (SSSR count). The van der Waals surface area contributed by atoms with Gasteiger partial charge in [0.15, 0.2) is 90.1 Å². The maximum absolute atomic E-state index is 12.4. The lowest BCUT2D eigenvalue weighted by Gasteiger charge is -2.35. The van der Waals surface area contributed by atoms with E-state index in [4.69, 9.17) is 27.4 Å². The third-order valence-corrected chi connectivity index (χ3v) is 29.6. The van der Waals surface area contributed by atoms with Crippen molar-refractivity contribution in [1.29, 1.82) is 0 Å². The fourth-order valence-electron chi connectivity index (χ4n) is 12.3. The summed E-state index contributed by atoms with van der Waals surface area (Å²) in [6, 6.07) is -4.80. The first-order valence-electron chi connectivity index (χ1n) is 41.7. The second kappa shape index (κ2) is 57.5.